The number of phosphoric acid groups is 1. The average Bonchev–Trinajstić information content (AvgIpc) is 3.36. The van der Waals surface area contributed by atoms with Crippen molar-refractivity contribution in [3.05, 3.63) is 134 Å². The third-order valence-corrected chi connectivity index (χ3v) is 12.6. The van der Waals surface area contributed by atoms with Crippen molar-refractivity contribution in [1.82, 2.24) is 0 Å². The Kier molecular flexibility index (Phi) is 51.2. The Hall–Kier alpha value is -3.85. The molecule has 0 spiro atoms. The van der Waals surface area contributed by atoms with Crippen LogP contribution < -0.4 is 4.89 Å². The Bertz CT molecular complexity index is 1710. The van der Waals surface area contributed by atoms with Crippen molar-refractivity contribution in [2.75, 3.05) is 47.5 Å². The molecule has 0 aromatic rings. The van der Waals surface area contributed by atoms with Crippen LogP contribution in [0.3, 0.4) is 0 Å². The maximum atomic E-state index is 12.8. The lowest BCUT2D eigenvalue weighted by Gasteiger charge is -2.28. The van der Waals surface area contributed by atoms with E-state index in [9.17, 15) is 19.0 Å². The third kappa shape index (κ3) is 57.4. The molecule has 0 aliphatic rings. The molecule has 10 heteroatoms. The van der Waals surface area contributed by atoms with Crippen LogP contribution in [0.2, 0.25) is 0 Å². The zero-order valence-corrected chi connectivity index (χ0v) is 48.4. The minimum Gasteiger partial charge on any atom is -0.756 e. The molecule has 0 amide bonds. The second kappa shape index (κ2) is 54.0. The molecular formula is C64H106NO8P. The zero-order valence-electron chi connectivity index (χ0n) is 47.5. The molecule has 0 rings (SSSR count). The van der Waals surface area contributed by atoms with Gasteiger partial charge in [0.2, 0.25) is 0 Å². The molecule has 0 aromatic carbocycles. The van der Waals surface area contributed by atoms with Crippen molar-refractivity contribution in [3.63, 3.8) is 0 Å². The van der Waals surface area contributed by atoms with E-state index >= 15 is 0 Å². The molecule has 0 aliphatic carbocycles. The second-order valence-corrected chi connectivity index (χ2v) is 21.3. The summed E-state index contributed by atoms with van der Waals surface area (Å²) in [6.45, 7) is 4.03. The van der Waals surface area contributed by atoms with E-state index in [1.165, 1.54) is 64.2 Å². The molecule has 0 aliphatic heterocycles. The first-order chi connectivity index (χ1) is 36.0. The van der Waals surface area contributed by atoms with Crippen molar-refractivity contribution in [2.45, 2.75) is 213 Å². The predicted octanol–water partition coefficient (Wildman–Crippen LogP) is 17.5. The molecule has 74 heavy (non-hydrogen) atoms. The first-order valence-electron chi connectivity index (χ1n) is 28.9. The van der Waals surface area contributed by atoms with E-state index < -0.39 is 32.5 Å². The number of esters is 2. The van der Waals surface area contributed by atoms with Crippen LogP contribution in [-0.4, -0.2) is 70.0 Å². The first kappa shape index (κ1) is 70.1. The highest BCUT2D eigenvalue weighted by Crippen LogP contribution is 2.38. The van der Waals surface area contributed by atoms with Gasteiger partial charge in [0.05, 0.1) is 27.7 Å². The number of carbonyl (C=O) groups is 2. The van der Waals surface area contributed by atoms with E-state index in [2.05, 4.69) is 148 Å². The van der Waals surface area contributed by atoms with Crippen molar-refractivity contribution < 1.29 is 42.1 Å². The van der Waals surface area contributed by atoms with Gasteiger partial charge in [-0.2, -0.15) is 0 Å². The number of allylic oxidation sites excluding steroid dienone is 22. The summed E-state index contributed by atoms with van der Waals surface area (Å²) in [4.78, 5) is 37.9. The van der Waals surface area contributed by atoms with E-state index in [1.807, 2.05) is 21.1 Å². The minimum absolute atomic E-state index is 0.0489. The third-order valence-electron chi connectivity index (χ3n) is 11.7. The SMILES string of the molecule is CC/C=C\C/C=C\C/C=C\C/C=C\C/C=C\C/C=C\C/C=C\C/C=C\CCCCC(=O)OC(COC(=O)CCCCCCCCCC/C=C\C/C=C\C/C=C\CCCCCCC)COP(=O)([O-])OCC[N+](C)(C)C. The van der Waals surface area contributed by atoms with Gasteiger partial charge in [-0.25, -0.2) is 0 Å². The van der Waals surface area contributed by atoms with Crippen LogP contribution in [0, 0.1) is 0 Å². The smallest absolute Gasteiger partial charge is 0.306 e. The summed E-state index contributed by atoms with van der Waals surface area (Å²) in [7, 11) is 1.11. The number of nitrogens with zero attached hydrogens (tertiary/aromatic N) is 1. The molecule has 0 bridgehead atoms. The Morgan fingerprint density at radius 1 is 0.432 bits per heavy atom. The van der Waals surface area contributed by atoms with Crippen molar-refractivity contribution in [3.8, 4) is 0 Å². The van der Waals surface area contributed by atoms with Gasteiger partial charge in [0, 0.05) is 12.8 Å². The topological polar surface area (TPSA) is 111 Å². The maximum Gasteiger partial charge on any atom is 0.306 e. The molecule has 0 heterocycles. The van der Waals surface area contributed by atoms with E-state index in [0.29, 0.717) is 23.9 Å². The van der Waals surface area contributed by atoms with Crippen LogP contribution >= 0.6 is 7.82 Å². The number of ether oxygens (including phenoxy) is 2. The highest BCUT2D eigenvalue weighted by Gasteiger charge is 2.21. The van der Waals surface area contributed by atoms with E-state index in [1.54, 1.807) is 0 Å². The van der Waals surface area contributed by atoms with Gasteiger partial charge in [-0.15, -0.1) is 0 Å². The molecule has 0 saturated heterocycles. The minimum atomic E-state index is -4.66. The average molecular weight is 1050 g/mol. The van der Waals surface area contributed by atoms with Crippen LogP contribution in [0.4, 0.5) is 0 Å². The molecule has 0 N–H and O–H groups in total. The van der Waals surface area contributed by atoms with E-state index in [4.69, 9.17) is 18.5 Å². The highest BCUT2D eigenvalue weighted by atomic mass is 31.2. The summed E-state index contributed by atoms with van der Waals surface area (Å²) in [5.74, 6) is -0.904. The predicted molar refractivity (Wildman–Crippen MR) is 314 cm³/mol. The Morgan fingerprint density at radius 2 is 0.770 bits per heavy atom. The first-order valence-corrected chi connectivity index (χ1v) is 30.4. The van der Waals surface area contributed by atoms with Crippen LogP contribution in [0.15, 0.2) is 134 Å². The summed E-state index contributed by atoms with van der Waals surface area (Å²) >= 11 is 0. The standard InChI is InChI=1S/C64H106NO8P/c1-6-8-10-12-14-16-18-20-22-24-26-28-30-31-32-33-35-37-39-41-43-45-47-49-51-53-55-57-64(67)73-62(61-72-74(68,69)71-59-58-65(3,4)5)60-70-63(66)56-54-52-50-48-46-44-42-40-38-36-34-29-27-25-23-21-19-17-15-13-11-9-7-2/h8,10,14,16,19-22,25-28,31-32,34-37,41,43,47,49,62H,6-7,9,11-13,15,17-18,23-24,29-30,33,38-40,42,44-46,48,50-61H2,1-5H3/b10-8-,16-14-,21-19-,22-20-,27-25-,28-26-,32-31-,36-34-,37-35-,43-41-,49-47-. The number of quaternary nitrogens is 1. The van der Waals surface area contributed by atoms with E-state index in [0.717, 1.165) is 103 Å². The van der Waals surface area contributed by atoms with Crippen LogP contribution in [-0.2, 0) is 32.7 Å². The van der Waals surface area contributed by atoms with Gasteiger partial charge in [0.25, 0.3) is 7.82 Å². The lowest BCUT2D eigenvalue weighted by molar-refractivity contribution is -0.870. The van der Waals surface area contributed by atoms with Crippen LogP contribution in [0.25, 0.3) is 0 Å². The molecular weight excluding hydrogens is 942 g/mol. The Labute approximate surface area is 453 Å². The molecule has 0 aromatic heterocycles. The summed E-state index contributed by atoms with van der Waals surface area (Å²) in [6, 6.07) is 0. The fraction of sp³-hybridized carbons (Fsp3) is 0.625. The van der Waals surface area contributed by atoms with Crippen molar-refractivity contribution in [2.24, 2.45) is 0 Å². The summed E-state index contributed by atoms with van der Waals surface area (Å²) in [5.41, 5.74) is 0. The van der Waals surface area contributed by atoms with Gasteiger partial charge < -0.3 is 27.9 Å². The maximum absolute atomic E-state index is 12.8. The number of likely N-dealkylation sites (N-methyl/N-ethyl adjacent to an activating group) is 1. The number of rotatable bonds is 51. The molecule has 420 valence electrons. The van der Waals surface area contributed by atoms with Gasteiger partial charge >= 0.3 is 11.9 Å². The van der Waals surface area contributed by atoms with Gasteiger partial charge in [0.15, 0.2) is 6.10 Å². The summed E-state index contributed by atoms with van der Waals surface area (Å²) in [6.07, 6.45) is 77.8. The molecule has 9 nitrogen and oxygen atoms in total. The van der Waals surface area contributed by atoms with Gasteiger partial charge in [-0.05, 0) is 116 Å². The highest BCUT2D eigenvalue weighted by molar-refractivity contribution is 7.45. The quantitative estimate of drug-likeness (QED) is 0.0195. The van der Waals surface area contributed by atoms with Crippen LogP contribution in [0.1, 0.15) is 206 Å². The molecule has 0 fully saturated rings. The fourth-order valence-corrected chi connectivity index (χ4v) is 7.93. The summed E-state index contributed by atoms with van der Waals surface area (Å²) in [5, 5.41) is 0. The number of carbonyl (C=O) groups excluding carboxylic acids is 2. The largest absolute Gasteiger partial charge is 0.756 e. The van der Waals surface area contributed by atoms with Gasteiger partial charge in [0.1, 0.15) is 19.8 Å². The zero-order chi connectivity index (χ0) is 54.2. The number of hydrogen-bond donors (Lipinski definition) is 0. The van der Waals surface area contributed by atoms with Crippen molar-refractivity contribution >= 4 is 19.8 Å². The molecule has 0 saturated carbocycles. The van der Waals surface area contributed by atoms with Gasteiger partial charge in [-0.3, -0.25) is 14.2 Å². The monoisotopic (exact) mass is 1050 g/mol. The molecule has 2 unspecified atom stereocenters. The second-order valence-electron chi connectivity index (χ2n) is 19.9. The summed E-state index contributed by atoms with van der Waals surface area (Å²) < 4.78 is 34.1. The molecule has 2 atom stereocenters. The lowest BCUT2D eigenvalue weighted by atomic mass is 10.1. The number of unbranched alkanes of at least 4 members (excludes halogenated alkanes) is 15. The number of hydrogen-bond acceptors (Lipinski definition) is 8. The Balaban J connectivity index is 4.34. The normalized spacial score (nSPS) is 14.3. The molecule has 0 radical (unpaired) electrons. The van der Waals surface area contributed by atoms with Crippen molar-refractivity contribution in [1.29, 1.82) is 0 Å². The fourth-order valence-electron chi connectivity index (χ4n) is 7.21. The van der Waals surface area contributed by atoms with Gasteiger partial charge in [-0.1, -0.05) is 212 Å². The van der Waals surface area contributed by atoms with Crippen LogP contribution in [0.5, 0.6) is 0 Å². The van der Waals surface area contributed by atoms with E-state index in [-0.39, 0.29) is 26.1 Å². The Morgan fingerprint density at radius 3 is 1.18 bits per heavy atom. The number of phosphoric ester groups is 1. The lowest BCUT2D eigenvalue weighted by Crippen LogP contribution is -2.37.